The number of nitrogens with zero attached hydrogens (tertiary/aromatic N) is 5. The molecule has 1 amide bonds. The number of hydrogen-bond acceptors (Lipinski definition) is 9. The molecule has 0 radical (unpaired) electrons. The molecule has 41 heavy (non-hydrogen) atoms. The summed E-state index contributed by atoms with van der Waals surface area (Å²) in [5.41, 5.74) is 4.09. The van der Waals surface area contributed by atoms with Gasteiger partial charge in [-0.05, 0) is 48.4 Å². The van der Waals surface area contributed by atoms with E-state index in [1.807, 2.05) is 36.4 Å². The van der Waals surface area contributed by atoms with Gasteiger partial charge < -0.3 is 24.6 Å². The average Bonchev–Trinajstić information content (AvgIpc) is 3.04. The van der Waals surface area contributed by atoms with Gasteiger partial charge in [0, 0.05) is 81.1 Å². The van der Waals surface area contributed by atoms with Gasteiger partial charge in [0.2, 0.25) is 0 Å². The van der Waals surface area contributed by atoms with Crippen molar-refractivity contribution >= 4 is 29.2 Å². The topological polar surface area (TPSA) is 83.1 Å². The molecule has 10 heteroatoms. The Hall–Kier alpha value is -3.34. The lowest BCUT2D eigenvalue weighted by Gasteiger charge is -2.37. The van der Waals surface area contributed by atoms with Crippen molar-refractivity contribution in [3.05, 3.63) is 71.4 Å². The Morgan fingerprint density at radius 2 is 1.66 bits per heavy atom. The molecule has 0 aliphatic carbocycles. The highest BCUT2D eigenvalue weighted by molar-refractivity contribution is 7.98. The summed E-state index contributed by atoms with van der Waals surface area (Å²) in [6, 6.07) is 18.2. The van der Waals surface area contributed by atoms with E-state index in [0.29, 0.717) is 12.1 Å². The van der Waals surface area contributed by atoms with Crippen molar-refractivity contribution in [2.75, 3.05) is 82.5 Å². The molecule has 3 heterocycles. The lowest BCUT2D eigenvalue weighted by Crippen LogP contribution is -2.46. The van der Waals surface area contributed by atoms with Crippen LogP contribution in [0.25, 0.3) is 0 Å². The van der Waals surface area contributed by atoms with Gasteiger partial charge in [0.05, 0.1) is 20.3 Å². The monoisotopic (exact) mass is 576 g/mol. The Morgan fingerprint density at radius 3 is 2.34 bits per heavy atom. The molecule has 1 N–H and O–H groups in total. The van der Waals surface area contributed by atoms with E-state index >= 15 is 0 Å². The number of aryl methyl sites for hydroxylation is 1. The second kappa shape index (κ2) is 14.5. The van der Waals surface area contributed by atoms with Crippen LogP contribution in [-0.4, -0.2) is 93.5 Å². The van der Waals surface area contributed by atoms with Crippen LogP contribution in [-0.2, 0) is 16.9 Å². The molecule has 2 fully saturated rings. The predicted molar refractivity (Wildman–Crippen MR) is 164 cm³/mol. The number of hydrogen-bond donors (Lipinski definition) is 1. The first kappa shape index (κ1) is 29.2. The number of thioether (sulfide) groups is 1. The summed E-state index contributed by atoms with van der Waals surface area (Å²) in [7, 11) is 1.69. The van der Waals surface area contributed by atoms with E-state index < -0.39 is 0 Å². The maximum atomic E-state index is 12.6. The SMILES string of the molecule is CCc1cc(N2CCN(c3ccc(OC)cc3)CC2)nc(SCc2ccc(C(=O)NCCN3CCOCC3)cc2)n1. The second-order valence-corrected chi connectivity index (χ2v) is 11.2. The summed E-state index contributed by atoms with van der Waals surface area (Å²) >= 11 is 1.64. The van der Waals surface area contributed by atoms with Gasteiger partial charge >= 0.3 is 0 Å². The highest BCUT2D eigenvalue weighted by Gasteiger charge is 2.20. The zero-order chi connectivity index (χ0) is 28.4. The summed E-state index contributed by atoms with van der Waals surface area (Å²) in [5, 5.41) is 3.82. The molecular formula is C31H40N6O3S. The number of morpholine rings is 1. The van der Waals surface area contributed by atoms with E-state index in [-0.39, 0.29) is 5.91 Å². The summed E-state index contributed by atoms with van der Waals surface area (Å²) in [4.78, 5) is 29.4. The third kappa shape index (κ3) is 8.12. The van der Waals surface area contributed by atoms with Crippen LogP contribution in [0.5, 0.6) is 5.75 Å². The minimum atomic E-state index is -0.0341. The summed E-state index contributed by atoms with van der Waals surface area (Å²) in [6.45, 7) is 10.7. The Bertz CT molecular complexity index is 1260. The first-order valence-electron chi connectivity index (χ1n) is 14.4. The number of carbonyl (C=O) groups excluding carboxylic acids is 1. The van der Waals surface area contributed by atoms with Crippen molar-refractivity contribution in [1.82, 2.24) is 20.2 Å². The summed E-state index contributed by atoms with van der Waals surface area (Å²) in [6.07, 6.45) is 0.865. The van der Waals surface area contributed by atoms with Gasteiger partial charge in [0.1, 0.15) is 11.6 Å². The lowest BCUT2D eigenvalue weighted by molar-refractivity contribution is 0.0383. The Labute approximate surface area is 247 Å². The van der Waals surface area contributed by atoms with E-state index in [2.05, 4.69) is 45.1 Å². The predicted octanol–water partition coefficient (Wildman–Crippen LogP) is 3.73. The van der Waals surface area contributed by atoms with Crippen LogP contribution in [0, 0.1) is 0 Å². The standard InChI is InChI=1S/C31H40N6O3S/c1-3-26-22-29(37-16-14-36(15-17-37)27-8-10-28(39-2)11-9-27)34-31(33-26)41-23-24-4-6-25(7-5-24)30(38)32-12-13-35-18-20-40-21-19-35/h4-11,22H,3,12-21,23H2,1-2H3,(H,32,38). The van der Waals surface area contributed by atoms with Gasteiger partial charge in [-0.15, -0.1) is 0 Å². The van der Waals surface area contributed by atoms with Crippen molar-refractivity contribution in [3.63, 3.8) is 0 Å². The van der Waals surface area contributed by atoms with E-state index in [4.69, 9.17) is 19.4 Å². The fraction of sp³-hybridized carbons (Fsp3) is 0.452. The van der Waals surface area contributed by atoms with Gasteiger partial charge in [0.25, 0.3) is 5.91 Å². The van der Waals surface area contributed by atoms with Crippen LogP contribution in [0.1, 0.15) is 28.5 Å². The molecule has 5 rings (SSSR count). The number of methoxy groups -OCH3 is 1. The molecule has 0 atom stereocenters. The minimum absolute atomic E-state index is 0.0341. The van der Waals surface area contributed by atoms with Crippen LogP contribution in [0.3, 0.4) is 0 Å². The molecule has 2 aliphatic rings. The summed E-state index contributed by atoms with van der Waals surface area (Å²) < 4.78 is 10.7. The number of aromatic nitrogens is 2. The Morgan fingerprint density at radius 1 is 0.951 bits per heavy atom. The van der Waals surface area contributed by atoms with Gasteiger partial charge in [-0.3, -0.25) is 9.69 Å². The van der Waals surface area contributed by atoms with Crippen LogP contribution in [0.2, 0.25) is 0 Å². The number of ether oxygens (including phenoxy) is 2. The van der Waals surface area contributed by atoms with Crippen LogP contribution >= 0.6 is 11.8 Å². The molecule has 0 saturated carbocycles. The van der Waals surface area contributed by atoms with Crippen LogP contribution < -0.4 is 19.9 Å². The van der Waals surface area contributed by atoms with Crippen molar-refractivity contribution < 1.29 is 14.3 Å². The van der Waals surface area contributed by atoms with Gasteiger partial charge in [-0.1, -0.05) is 30.8 Å². The number of nitrogens with one attached hydrogen (secondary N) is 1. The Balaban J connectivity index is 1.12. The number of benzene rings is 2. The van der Waals surface area contributed by atoms with Crippen molar-refractivity contribution in [1.29, 1.82) is 0 Å². The fourth-order valence-electron chi connectivity index (χ4n) is 5.01. The molecule has 0 unspecified atom stereocenters. The molecule has 2 aliphatic heterocycles. The van der Waals surface area contributed by atoms with Gasteiger partial charge in [-0.2, -0.15) is 0 Å². The van der Waals surface area contributed by atoms with E-state index in [9.17, 15) is 4.79 Å². The van der Waals surface area contributed by atoms with Crippen LogP contribution in [0.4, 0.5) is 11.5 Å². The number of rotatable bonds is 11. The Kier molecular flexibility index (Phi) is 10.3. The quantitative estimate of drug-likeness (QED) is 0.271. The highest BCUT2D eigenvalue weighted by atomic mass is 32.2. The zero-order valence-electron chi connectivity index (χ0n) is 24.1. The molecule has 1 aromatic heterocycles. The molecule has 218 valence electrons. The third-order valence-electron chi connectivity index (χ3n) is 7.55. The zero-order valence-corrected chi connectivity index (χ0v) is 24.9. The number of amides is 1. The maximum Gasteiger partial charge on any atom is 0.251 e. The molecule has 0 spiro atoms. The molecule has 2 saturated heterocycles. The summed E-state index contributed by atoms with van der Waals surface area (Å²) in [5.74, 6) is 2.59. The smallest absolute Gasteiger partial charge is 0.251 e. The fourth-order valence-corrected chi connectivity index (χ4v) is 5.84. The van der Waals surface area contributed by atoms with Crippen molar-refractivity contribution in [2.45, 2.75) is 24.3 Å². The van der Waals surface area contributed by atoms with E-state index in [1.165, 1.54) is 5.69 Å². The van der Waals surface area contributed by atoms with Crippen LogP contribution in [0.15, 0.2) is 59.8 Å². The maximum absolute atomic E-state index is 12.6. The van der Waals surface area contributed by atoms with E-state index in [1.54, 1.807) is 18.9 Å². The molecule has 3 aromatic rings. The number of anilines is 2. The van der Waals surface area contributed by atoms with Gasteiger partial charge in [0.15, 0.2) is 5.16 Å². The van der Waals surface area contributed by atoms with Crippen molar-refractivity contribution in [3.8, 4) is 5.75 Å². The minimum Gasteiger partial charge on any atom is -0.497 e. The normalized spacial score (nSPS) is 16.0. The first-order valence-corrected chi connectivity index (χ1v) is 15.4. The average molecular weight is 577 g/mol. The first-order chi connectivity index (χ1) is 20.1. The van der Waals surface area contributed by atoms with Gasteiger partial charge in [-0.25, -0.2) is 9.97 Å². The second-order valence-electron chi connectivity index (χ2n) is 10.2. The third-order valence-corrected chi connectivity index (χ3v) is 8.47. The van der Waals surface area contributed by atoms with E-state index in [0.717, 1.165) is 99.2 Å². The molecular weight excluding hydrogens is 536 g/mol. The van der Waals surface area contributed by atoms with Crippen molar-refractivity contribution in [2.24, 2.45) is 0 Å². The largest absolute Gasteiger partial charge is 0.497 e. The number of carbonyl (C=O) groups is 1. The highest BCUT2D eigenvalue weighted by Crippen LogP contribution is 2.26. The number of piperazine rings is 1. The molecule has 9 nitrogen and oxygen atoms in total. The lowest BCUT2D eigenvalue weighted by atomic mass is 10.1. The molecule has 0 bridgehead atoms. The molecule has 2 aromatic carbocycles.